The molecule has 3 rings (SSSR count). The van der Waals surface area contributed by atoms with Crippen molar-refractivity contribution in [1.82, 2.24) is 15.1 Å². The maximum atomic E-state index is 13.9. The monoisotopic (exact) mass is 433 g/mol. The van der Waals surface area contributed by atoms with Gasteiger partial charge in [-0.3, -0.25) is 14.4 Å². The van der Waals surface area contributed by atoms with Crippen LogP contribution in [0, 0.1) is 11.3 Å². The molecule has 2 fully saturated rings. The third-order valence-electron chi connectivity index (χ3n) is 6.37. The van der Waals surface area contributed by atoms with Gasteiger partial charge in [-0.05, 0) is 43.2 Å². The minimum absolute atomic E-state index is 0.141. The van der Waals surface area contributed by atoms with Gasteiger partial charge in [0.1, 0.15) is 17.3 Å². The van der Waals surface area contributed by atoms with Crippen LogP contribution in [0.2, 0.25) is 0 Å². The van der Waals surface area contributed by atoms with Crippen LogP contribution in [0.4, 0.5) is 0 Å². The highest BCUT2D eigenvalue weighted by Crippen LogP contribution is 2.51. The lowest BCUT2D eigenvalue weighted by Crippen LogP contribution is -2.58. The number of rotatable bonds is 5. The minimum atomic E-state index is -1.12. The topological polar surface area (TPSA) is 103 Å². The molecule has 0 aliphatic carbocycles. The zero-order valence-electron chi connectivity index (χ0n) is 19.0. The number of hydrogen-bond acceptors (Lipinski definition) is 5. The summed E-state index contributed by atoms with van der Waals surface area (Å²) in [4.78, 5) is 43.9. The number of carbonyl (C=O) groups is 3. The van der Waals surface area contributed by atoms with E-state index in [0.29, 0.717) is 18.7 Å². The summed E-state index contributed by atoms with van der Waals surface area (Å²) < 4.78 is 5.69. The van der Waals surface area contributed by atoms with Crippen LogP contribution in [-0.4, -0.2) is 64.9 Å². The third kappa shape index (κ3) is 4.49. The molecule has 0 radical (unpaired) electrons. The highest BCUT2D eigenvalue weighted by Gasteiger charge is 2.61. The molecule has 3 amide bonds. The predicted molar refractivity (Wildman–Crippen MR) is 115 cm³/mol. The smallest absolute Gasteiger partial charge is 0.248 e. The molecule has 1 aromatic heterocycles. The second-order valence-corrected chi connectivity index (χ2v) is 9.89. The van der Waals surface area contributed by atoms with Gasteiger partial charge in [0.25, 0.3) is 0 Å². The van der Waals surface area contributed by atoms with E-state index in [9.17, 15) is 19.5 Å². The molecule has 1 aromatic rings. The number of nitrogens with one attached hydrogen (secondary N) is 1. The van der Waals surface area contributed by atoms with Crippen LogP contribution in [-0.2, 0) is 14.4 Å². The molecular weight excluding hydrogens is 398 g/mol. The summed E-state index contributed by atoms with van der Waals surface area (Å²) in [6.07, 6.45) is 4.08. The lowest BCUT2D eigenvalue weighted by Gasteiger charge is -2.42. The molecule has 8 heteroatoms. The Bertz CT molecular complexity index is 801. The Balaban J connectivity index is 2.16. The molecule has 172 valence electrons. The first-order valence-electron chi connectivity index (χ1n) is 11.1. The summed E-state index contributed by atoms with van der Waals surface area (Å²) in [6, 6.07) is 2.85. The van der Waals surface area contributed by atoms with Crippen LogP contribution in [0.15, 0.2) is 22.8 Å². The molecule has 2 aliphatic heterocycles. The number of carbonyl (C=O) groups excluding carboxylic acids is 3. The maximum absolute atomic E-state index is 13.9. The first kappa shape index (κ1) is 23.3. The molecule has 2 aliphatic rings. The van der Waals surface area contributed by atoms with Crippen LogP contribution in [0.5, 0.6) is 0 Å². The van der Waals surface area contributed by atoms with E-state index in [-0.39, 0.29) is 49.1 Å². The second kappa shape index (κ2) is 9.02. The minimum Gasteiger partial charge on any atom is -0.467 e. The molecule has 31 heavy (non-hydrogen) atoms. The van der Waals surface area contributed by atoms with Crippen LogP contribution in [0.1, 0.15) is 64.7 Å². The zero-order valence-corrected chi connectivity index (χ0v) is 19.0. The van der Waals surface area contributed by atoms with E-state index in [1.807, 2.05) is 20.8 Å². The van der Waals surface area contributed by atoms with E-state index < -0.39 is 17.5 Å². The fraction of sp³-hybridized carbons (Fsp3) is 0.696. The first-order chi connectivity index (χ1) is 14.6. The van der Waals surface area contributed by atoms with E-state index in [1.165, 1.54) is 6.26 Å². The van der Waals surface area contributed by atoms with Crippen molar-refractivity contribution in [3.8, 4) is 0 Å². The van der Waals surface area contributed by atoms with Gasteiger partial charge in [0.2, 0.25) is 17.7 Å². The first-order valence-corrected chi connectivity index (χ1v) is 11.1. The number of aliphatic hydroxyl groups is 1. The number of aliphatic hydroxyl groups excluding tert-OH is 1. The van der Waals surface area contributed by atoms with E-state index in [1.54, 1.807) is 29.0 Å². The third-order valence-corrected chi connectivity index (χ3v) is 6.37. The number of furan rings is 1. The van der Waals surface area contributed by atoms with Crippen LogP contribution in [0.25, 0.3) is 0 Å². The number of amides is 3. The number of nitrogens with zero attached hydrogens (tertiary/aromatic N) is 2. The Morgan fingerprint density at radius 1 is 1.32 bits per heavy atom. The highest BCUT2D eigenvalue weighted by atomic mass is 16.3. The Morgan fingerprint density at radius 2 is 2.06 bits per heavy atom. The average molecular weight is 434 g/mol. The number of β-amino-alcohol motifs (C(OH)–C–C–N with tert-alkyl or cyclic N) is 1. The molecule has 0 saturated carbocycles. The Labute approximate surface area is 183 Å². The lowest BCUT2D eigenvalue weighted by molar-refractivity contribution is -0.155. The van der Waals surface area contributed by atoms with Gasteiger partial charge in [0, 0.05) is 26.6 Å². The second-order valence-electron chi connectivity index (χ2n) is 9.89. The van der Waals surface area contributed by atoms with Crippen LogP contribution >= 0.6 is 0 Å². The zero-order chi connectivity index (χ0) is 22.8. The predicted octanol–water partition coefficient (Wildman–Crippen LogP) is 2.09. The van der Waals surface area contributed by atoms with Crippen molar-refractivity contribution < 1.29 is 23.9 Å². The van der Waals surface area contributed by atoms with Gasteiger partial charge in [0.05, 0.1) is 18.8 Å². The van der Waals surface area contributed by atoms with Crippen molar-refractivity contribution in [3.05, 3.63) is 24.2 Å². The van der Waals surface area contributed by atoms with Gasteiger partial charge in [-0.15, -0.1) is 0 Å². The summed E-state index contributed by atoms with van der Waals surface area (Å²) in [5, 5.41) is 12.2. The van der Waals surface area contributed by atoms with E-state index >= 15 is 0 Å². The Morgan fingerprint density at radius 3 is 2.65 bits per heavy atom. The van der Waals surface area contributed by atoms with Gasteiger partial charge in [-0.2, -0.15) is 0 Å². The van der Waals surface area contributed by atoms with Gasteiger partial charge in [-0.25, -0.2) is 0 Å². The highest BCUT2D eigenvalue weighted by molar-refractivity contribution is 5.95. The molecule has 8 nitrogen and oxygen atoms in total. The normalized spacial score (nSPS) is 26.9. The SMILES string of the molecule is CNC(=O)[C@H]1C[C@]2(CCCCN(CCO)C2=O)N(C(=O)CC(C)(C)C)[C@H]1c1ccco1. The summed E-state index contributed by atoms with van der Waals surface area (Å²) in [7, 11) is 1.57. The van der Waals surface area contributed by atoms with Crippen molar-refractivity contribution in [1.29, 1.82) is 0 Å². The summed E-state index contributed by atoms with van der Waals surface area (Å²) in [6.45, 7) is 6.57. The number of likely N-dealkylation sites (tertiary alicyclic amines) is 2. The summed E-state index contributed by atoms with van der Waals surface area (Å²) in [5.74, 6) is -0.627. The average Bonchev–Trinajstić information content (AvgIpc) is 3.30. The molecule has 3 atom stereocenters. The van der Waals surface area contributed by atoms with Crippen molar-refractivity contribution in [3.63, 3.8) is 0 Å². The van der Waals surface area contributed by atoms with Crippen molar-refractivity contribution in [2.75, 3.05) is 26.7 Å². The van der Waals surface area contributed by atoms with Gasteiger partial charge in [0.15, 0.2) is 0 Å². The molecule has 1 spiro atoms. The molecule has 2 saturated heterocycles. The number of hydrogen-bond donors (Lipinski definition) is 2. The van der Waals surface area contributed by atoms with Crippen LogP contribution < -0.4 is 5.32 Å². The van der Waals surface area contributed by atoms with Crippen LogP contribution in [0.3, 0.4) is 0 Å². The molecule has 2 N–H and O–H groups in total. The molecule has 0 bridgehead atoms. The largest absolute Gasteiger partial charge is 0.467 e. The fourth-order valence-electron chi connectivity index (χ4n) is 5.13. The van der Waals surface area contributed by atoms with Gasteiger partial charge < -0.3 is 24.6 Å². The van der Waals surface area contributed by atoms with E-state index in [2.05, 4.69) is 5.32 Å². The van der Waals surface area contributed by atoms with E-state index in [4.69, 9.17) is 4.42 Å². The Hall–Kier alpha value is -2.35. The summed E-state index contributed by atoms with van der Waals surface area (Å²) in [5.41, 5.74) is -1.40. The quantitative estimate of drug-likeness (QED) is 0.740. The standard InChI is InChI=1S/C23H35N3O5/c1-22(2,3)15-18(28)26-19(17-8-7-13-31-17)16(20(29)24-4)14-23(26)9-5-6-10-25(11-12-27)21(23)30/h7-8,13,16,19,27H,5-6,9-12,14-15H2,1-4H3,(H,24,29)/t16-,19+,23-/m0/s1. The maximum Gasteiger partial charge on any atom is 0.248 e. The molecule has 0 aromatic carbocycles. The van der Waals surface area contributed by atoms with Crippen molar-refractivity contribution in [2.24, 2.45) is 11.3 Å². The molecular formula is C23H35N3O5. The van der Waals surface area contributed by atoms with E-state index in [0.717, 1.165) is 12.8 Å². The van der Waals surface area contributed by atoms with Crippen molar-refractivity contribution >= 4 is 17.7 Å². The summed E-state index contributed by atoms with van der Waals surface area (Å²) >= 11 is 0. The fourth-order valence-corrected chi connectivity index (χ4v) is 5.13. The van der Waals surface area contributed by atoms with Gasteiger partial charge >= 0.3 is 0 Å². The van der Waals surface area contributed by atoms with Gasteiger partial charge in [-0.1, -0.05) is 20.8 Å². The molecule has 3 heterocycles. The lowest BCUT2D eigenvalue weighted by atomic mass is 9.84. The van der Waals surface area contributed by atoms with Crippen molar-refractivity contribution in [2.45, 2.75) is 64.5 Å². The Kier molecular flexibility index (Phi) is 6.79. The molecule has 0 unspecified atom stereocenters.